The molecule has 2 fully saturated rings. The van der Waals surface area contributed by atoms with Gasteiger partial charge in [0.2, 0.25) is 0 Å². The summed E-state index contributed by atoms with van der Waals surface area (Å²) >= 11 is 0. The Bertz CT molecular complexity index is 657. The molecule has 1 saturated carbocycles. The lowest BCUT2D eigenvalue weighted by molar-refractivity contribution is 0.00578. The number of halogens is 1. The zero-order valence-corrected chi connectivity index (χ0v) is 14.5. The number of hydrogen-bond donors (Lipinski definition) is 2. The van der Waals surface area contributed by atoms with Gasteiger partial charge in [0.1, 0.15) is 5.82 Å². The highest BCUT2D eigenvalue weighted by Gasteiger charge is 2.52. The van der Waals surface area contributed by atoms with Gasteiger partial charge >= 0.3 is 13.2 Å². The SMILES string of the molecule is CC1(C)OB(c2cc(F)cc(C3(CNC(=O)O)CC3)c2)OC1(C)C. The first-order valence-corrected chi connectivity index (χ1v) is 8.18. The van der Waals surface area contributed by atoms with Crippen molar-refractivity contribution >= 4 is 18.7 Å². The van der Waals surface area contributed by atoms with Gasteiger partial charge < -0.3 is 19.7 Å². The standard InChI is InChI=1S/C17H23BFNO4/c1-15(2)16(3,4)24-18(23-15)12-7-11(8-13(19)9-12)17(5-6-17)10-20-14(21)22/h7-9,20H,5-6,10H2,1-4H3,(H,21,22). The maximum atomic E-state index is 14.2. The first-order chi connectivity index (χ1) is 11.0. The molecule has 2 N–H and O–H groups in total. The van der Waals surface area contributed by atoms with Gasteiger partial charge in [-0.15, -0.1) is 0 Å². The quantitative estimate of drug-likeness (QED) is 0.830. The van der Waals surface area contributed by atoms with Crippen LogP contribution in [-0.2, 0) is 14.7 Å². The second-order valence-electron chi connectivity index (χ2n) is 7.80. The molecule has 1 heterocycles. The molecule has 0 bridgehead atoms. The van der Waals surface area contributed by atoms with Crippen molar-refractivity contribution in [2.45, 2.75) is 57.2 Å². The van der Waals surface area contributed by atoms with Crippen LogP contribution in [0, 0.1) is 5.82 Å². The van der Waals surface area contributed by atoms with E-state index in [-0.39, 0.29) is 17.8 Å². The summed E-state index contributed by atoms with van der Waals surface area (Å²) in [7, 11) is -0.632. The Morgan fingerprint density at radius 2 is 1.79 bits per heavy atom. The van der Waals surface area contributed by atoms with Crippen LogP contribution < -0.4 is 10.8 Å². The Kier molecular flexibility index (Phi) is 3.92. The molecule has 1 aromatic carbocycles. The van der Waals surface area contributed by atoms with Crippen molar-refractivity contribution in [2.75, 3.05) is 6.54 Å². The number of amides is 1. The predicted molar refractivity (Wildman–Crippen MR) is 89.1 cm³/mol. The van der Waals surface area contributed by atoms with Crippen molar-refractivity contribution in [3.05, 3.63) is 29.6 Å². The topological polar surface area (TPSA) is 67.8 Å². The second-order valence-corrected chi connectivity index (χ2v) is 7.80. The van der Waals surface area contributed by atoms with Gasteiger partial charge in [-0.3, -0.25) is 0 Å². The van der Waals surface area contributed by atoms with Crippen LogP contribution >= 0.6 is 0 Å². The smallest absolute Gasteiger partial charge is 0.465 e. The van der Waals surface area contributed by atoms with E-state index in [0.717, 1.165) is 18.4 Å². The summed E-state index contributed by atoms with van der Waals surface area (Å²) < 4.78 is 26.2. The number of benzene rings is 1. The zero-order chi connectivity index (χ0) is 17.8. The highest BCUT2D eigenvalue weighted by molar-refractivity contribution is 6.62. The van der Waals surface area contributed by atoms with Crippen molar-refractivity contribution in [3.63, 3.8) is 0 Å². The molecule has 1 amide bonds. The maximum absolute atomic E-state index is 14.2. The lowest BCUT2D eigenvalue weighted by Gasteiger charge is -2.32. The molecule has 7 heteroatoms. The summed E-state index contributed by atoms with van der Waals surface area (Å²) in [5.41, 5.74) is 0.114. The van der Waals surface area contributed by atoms with Gasteiger partial charge in [-0.1, -0.05) is 6.07 Å². The average Bonchev–Trinajstić information content (AvgIpc) is 3.20. The molecule has 3 rings (SSSR count). The molecule has 0 atom stereocenters. The molecule has 0 unspecified atom stereocenters. The van der Waals surface area contributed by atoms with Crippen LogP contribution in [0.1, 0.15) is 46.1 Å². The summed E-state index contributed by atoms with van der Waals surface area (Å²) in [6, 6.07) is 4.78. The molecule has 24 heavy (non-hydrogen) atoms. The van der Waals surface area contributed by atoms with Crippen LogP contribution in [0.15, 0.2) is 18.2 Å². The van der Waals surface area contributed by atoms with E-state index < -0.39 is 24.4 Å². The van der Waals surface area contributed by atoms with Crippen molar-refractivity contribution in [2.24, 2.45) is 0 Å². The molecular weight excluding hydrogens is 312 g/mol. The number of nitrogens with one attached hydrogen (secondary N) is 1. The monoisotopic (exact) mass is 335 g/mol. The number of carbonyl (C=O) groups is 1. The lowest BCUT2D eigenvalue weighted by Crippen LogP contribution is -2.41. The van der Waals surface area contributed by atoms with Gasteiger partial charge in [0.05, 0.1) is 11.2 Å². The number of hydrogen-bond acceptors (Lipinski definition) is 3. The van der Waals surface area contributed by atoms with Gasteiger partial charge in [0.15, 0.2) is 0 Å². The third kappa shape index (κ3) is 3.02. The third-order valence-corrected chi connectivity index (χ3v) is 5.49. The summed E-state index contributed by atoms with van der Waals surface area (Å²) in [6.07, 6.45) is 0.600. The maximum Gasteiger partial charge on any atom is 0.494 e. The summed E-state index contributed by atoms with van der Waals surface area (Å²) in [4.78, 5) is 10.8. The summed E-state index contributed by atoms with van der Waals surface area (Å²) in [5.74, 6) is -0.362. The first kappa shape index (κ1) is 17.2. The highest BCUT2D eigenvalue weighted by Crippen LogP contribution is 2.47. The van der Waals surface area contributed by atoms with Gasteiger partial charge in [-0.05, 0) is 63.7 Å². The van der Waals surface area contributed by atoms with Gasteiger partial charge in [-0.2, -0.15) is 0 Å². The highest BCUT2D eigenvalue weighted by atomic mass is 19.1. The number of rotatable bonds is 4. The Hall–Kier alpha value is -1.60. The van der Waals surface area contributed by atoms with Crippen LogP contribution in [0.4, 0.5) is 9.18 Å². The Labute approximate surface area is 141 Å². The summed E-state index contributed by atoms with van der Waals surface area (Å²) in [6.45, 7) is 8.09. The number of carboxylic acid groups (broad SMARTS) is 1. The molecule has 0 aromatic heterocycles. The van der Waals surface area contributed by atoms with E-state index in [1.54, 1.807) is 0 Å². The van der Waals surface area contributed by atoms with Crippen LogP contribution in [0.25, 0.3) is 0 Å². The van der Waals surface area contributed by atoms with Gasteiger partial charge in [0.25, 0.3) is 0 Å². The molecule has 2 aliphatic rings. The minimum Gasteiger partial charge on any atom is -0.465 e. The van der Waals surface area contributed by atoms with E-state index >= 15 is 0 Å². The van der Waals surface area contributed by atoms with Crippen molar-refractivity contribution < 1.29 is 23.6 Å². The van der Waals surface area contributed by atoms with Crippen LogP contribution in [0.2, 0.25) is 0 Å². The van der Waals surface area contributed by atoms with Crippen LogP contribution in [0.3, 0.4) is 0 Å². The minimum absolute atomic E-state index is 0.286. The van der Waals surface area contributed by atoms with Crippen LogP contribution in [-0.4, -0.2) is 36.1 Å². The zero-order valence-electron chi connectivity index (χ0n) is 14.5. The summed E-state index contributed by atoms with van der Waals surface area (Å²) in [5, 5.41) is 11.2. The molecule has 0 spiro atoms. The van der Waals surface area contributed by atoms with Gasteiger partial charge in [-0.25, -0.2) is 9.18 Å². The first-order valence-electron chi connectivity index (χ1n) is 8.18. The molecular formula is C17H23BFNO4. The molecule has 5 nitrogen and oxygen atoms in total. The van der Waals surface area contributed by atoms with E-state index in [1.807, 2.05) is 33.8 Å². The van der Waals surface area contributed by atoms with E-state index in [4.69, 9.17) is 14.4 Å². The molecule has 0 radical (unpaired) electrons. The van der Waals surface area contributed by atoms with Crippen LogP contribution in [0.5, 0.6) is 0 Å². The molecule has 1 aromatic rings. The van der Waals surface area contributed by atoms with Crippen molar-refractivity contribution in [1.29, 1.82) is 0 Å². The largest absolute Gasteiger partial charge is 0.494 e. The molecule has 1 aliphatic heterocycles. The Morgan fingerprint density at radius 3 is 2.29 bits per heavy atom. The average molecular weight is 335 g/mol. The van der Waals surface area contributed by atoms with Crippen molar-refractivity contribution in [3.8, 4) is 0 Å². The second kappa shape index (κ2) is 5.46. The van der Waals surface area contributed by atoms with E-state index in [0.29, 0.717) is 5.46 Å². The normalized spacial score (nSPS) is 23.1. The van der Waals surface area contributed by atoms with E-state index in [2.05, 4.69) is 5.32 Å². The molecule has 1 aliphatic carbocycles. The van der Waals surface area contributed by atoms with Crippen molar-refractivity contribution in [1.82, 2.24) is 5.32 Å². The fourth-order valence-corrected chi connectivity index (χ4v) is 3.00. The third-order valence-electron chi connectivity index (χ3n) is 5.49. The fourth-order valence-electron chi connectivity index (χ4n) is 3.00. The van der Waals surface area contributed by atoms with E-state index in [1.165, 1.54) is 12.1 Å². The minimum atomic E-state index is -1.07. The van der Waals surface area contributed by atoms with Gasteiger partial charge in [0, 0.05) is 12.0 Å². The fraction of sp³-hybridized carbons (Fsp3) is 0.588. The van der Waals surface area contributed by atoms with E-state index in [9.17, 15) is 9.18 Å². The molecule has 1 saturated heterocycles. The Morgan fingerprint density at radius 1 is 1.21 bits per heavy atom. The lowest BCUT2D eigenvalue weighted by atomic mass is 9.76. The Balaban J connectivity index is 1.87. The molecule has 130 valence electrons. The predicted octanol–water partition coefficient (Wildman–Crippen LogP) is 2.42.